The van der Waals surface area contributed by atoms with Crippen molar-refractivity contribution < 1.29 is 17.9 Å². The van der Waals surface area contributed by atoms with Gasteiger partial charge in [0.2, 0.25) is 10.0 Å². The van der Waals surface area contributed by atoms with Gasteiger partial charge < -0.3 is 4.74 Å². The first-order chi connectivity index (χ1) is 12.7. The van der Waals surface area contributed by atoms with E-state index in [4.69, 9.17) is 4.74 Å². The number of carbonyl (C=O) groups excluding carboxylic acids is 1. The number of Topliss-reactive ketones (excluding diaryl/α,β-unsaturated/α-hetero) is 1. The summed E-state index contributed by atoms with van der Waals surface area (Å²) in [5, 5.41) is 2.04. The third kappa shape index (κ3) is 3.11. The molecule has 1 aromatic heterocycles. The van der Waals surface area contributed by atoms with Crippen molar-refractivity contribution in [2.75, 3.05) is 25.5 Å². The molecule has 3 aliphatic rings. The summed E-state index contributed by atoms with van der Waals surface area (Å²) >= 11 is 1.68. The van der Waals surface area contributed by atoms with Gasteiger partial charge in [-0.25, -0.2) is 13.1 Å². The second kappa shape index (κ2) is 6.65. The zero-order chi connectivity index (χ0) is 19.3. The van der Waals surface area contributed by atoms with Crippen LogP contribution >= 0.6 is 11.3 Å². The number of thiophene rings is 1. The summed E-state index contributed by atoms with van der Waals surface area (Å²) in [6.07, 6.45) is 3.83. The fraction of sp³-hybridized carbons (Fsp3) is 0.750. The van der Waals surface area contributed by atoms with E-state index in [1.54, 1.807) is 11.3 Å². The van der Waals surface area contributed by atoms with E-state index in [-0.39, 0.29) is 22.4 Å². The number of nitrogens with one attached hydrogen (secondary N) is 1. The van der Waals surface area contributed by atoms with Gasteiger partial charge in [0.25, 0.3) is 0 Å². The highest BCUT2D eigenvalue weighted by molar-refractivity contribution is 7.89. The zero-order valence-electron chi connectivity index (χ0n) is 16.1. The van der Waals surface area contributed by atoms with Crippen LogP contribution in [0.3, 0.4) is 0 Å². The minimum atomic E-state index is -3.55. The lowest BCUT2D eigenvalue weighted by atomic mass is 9.70. The maximum Gasteiger partial charge on any atom is 0.212 e. The van der Waals surface area contributed by atoms with Crippen molar-refractivity contribution in [3.05, 3.63) is 22.4 Å². The monoisotopic (exact) mass is 411 g/mol. The molecule has 1 aromatic rings. The molecule has 7 heteroatoms. The van der Waals surface area contributed by atoms with Crippen LogP contribution in [0.1, 0.15) is 50.8 Å². The lowest BCUT2D eigenvalue weighted by Crippen LogP contribution is -2.49. The van der Waals surface area contributed by atoms with Gasteiger partial charge in [-0.15, -0.1) is 11.3 Å². The van der Waals surface area contributed by atoms with E-state index in [2.05, 4.69) is 24.6 Å². The number of ketones is 1. The predicted molar refractivity (Wildman–Crippen MR) is 106 cm³/mol. The highest BCUT2D eigenvalue weighted by Gasteiger charge is 2.65. The number of hydrogen-bond donors (Lipinski definition) is 1. The maximum absolute atomic E-state index is 13.1. The summed E-state index contributed by atoms with van der Waals surface area (Å²) in [5.74, 6) is 0.403. The lowest BCUT2D eigenvalue weighted by molar-refractivity contribution is -0.128. The molecule has 1 aliphatic heterocycles. The molecular weight excluding hydrogens is 382 g/mol. The fourth-order valence-corrected chi connectivity index (χ4v) is 8.50. The van der Waals surface area contributed by atoms with E-state index in [0.29, 0.717) is 38.5 Å². The molecule has 1 saturated heterocycles. The molecular formula is C20H29NO4S2. The largest absolute Gasteiger partial charge is 0.381 e. The quantitative estimate of drug-likeness (QED) is 0.781. The molecule has 0 spiro atoms. The first-order valence-corrected chi connectivity index (χ1v) is 12.4. The highest BCUT2D eigenvalue weighted by atomic mass is 32.2. The van der Waals surface area contributed by atoms with Crippen molar-refractivity contribution in [3.8, 4) is 0 Å². The molecule has 2 heterocycles. The van der Waals surface area contributed by atoms with Crippen LogP contribution in [0.2, 0.25) is 0 Å². The highest BCUT2D eigenvalue weighted by Crippen LogP contribution is 2.64. The van der Waals surface area contributed by atoms with Crippen LogP contribution in [0.15, 0.2) is 17.5 Å². The number of carbonyl (C=O) groups is 1. The van der Waals surface area contributed by atoms with Crippen molar-refractivity contribution in [1.29, 1.82) is 0 Å². The van der Waals surface area contributed by atoms with Crippen molar-refractivity contribution in [3.63, 3.8) is 0 Å². The Morgan fingerprint density at radius 2 is 2.00 bits per heavy atom. The van der Waals surface area contributed by atoms with Crippen molar-refractivity contribution in [2.24, 2.45) is 16.7 Å². The molecule has 150 valence electrons. The standard InChI is InChI=1S/C20H29NO4S2/c1-18(2)15-5-6-20(18,16(22)12-15)14-27(23,24)21-13-19(7-9-25-10-8-19)17-4-3-11-26-17/h3-4,11,15,21H,5-10,12-14H2,1-2H3/t15-,20+/m1/s1. The molecule has 0 unspecified atom stereocenters. The van der Waals surface area contributed by atoms with Crippen LogP contribution < -0.4 is 4.72 Å². The summed E-state index contributed by atoms with van der Waals surface area (Å²) in [6.45, 7) is 5.84. The summed E-state index contributed by atoms with van der Waals surface area (Å²) in [4.78, 5) is 13.9. The van der Waals surface area contributed by atoms with Crippen molar-refractivity contribution in [1.82, 2.24) is 4.72 Å². The number of hydrogen-bond acceptors (Lipinski definition) is 5. The van der Waals surface area contributed by atoms with Gasteiger partial charge in [0.1, 0.15) is 5.78 Å². The number of ether oxygens (including phenoxy) is 1. The van der Waals surface area contributed by atoms with Gasteiger partial charge >= 0.3 is 0 Å². The molecule has 0 amide bonds. The molecule has 4 rings (SSSR count). The molecule has 2 aliphatic carbocycles. The SMILES string of the molecule is CC1(C)[C@@H]2CC[C@]1(CS(=O)(=O)NCC1(c3cccs3)CCOCC1)C(=O)C2. The first kappa shape index (κ1) is 19.6. The average Bonchev–Trinajstić information content (AvgIpc) is 3.28. The third-order valence-electron chi connectivity index (χ3n) is 7.70. The average molecular weight is 412 g/mol. The van der Waals surface area contributed by atoms with Crippen LogP contribution in [-0.2, 0) is 25.0 Å². The number of fused-ring (bicyclic) bond motifs is 2. The Bertz CT molecular complexity index is 809. The molecule has 5 nitrogen and oxygen atoms in total. The summed E-state index contributed by atoms with van der Waals surface area (Å²) in [5.41, 5.74) is -1.15. The Hall–Kier alpha value is -0.760. The van der Waals surface area contributed by atoms with Crippen molar-refractivity contribution in [2.45, 2.75) is 51.4 Å². The van der Waals surface area contributed by atoms with E-state index in [0.717, 1.165) is 19.3 Å². The Balaban J connectivity index is 1.53. The third-order valence-corrected chi connectivity index (χ3v) is 10.3. The molecule has 1 N–H and O–H groups in total. The van der Waals surface area contributed by atoms with Gasteiger partial charge in [0, 0.05) is 41.9 Å². The Morgan fingerprint density at radius 1 is 1.26 bits per heavy atom. The fourth-order valence-electron chi connectivity index (χ4n) is 5.58. The zero-order valence-corrected chi connectivity index (χ0v) is 17.8. The van der Waals surface area contributed by atoms with Crippen molar-refractivity contribution >= 4 is 27.1 Å². The second-order valence-electron chi connectivity index (χ2n) is 9.12. The summed E-state index contributed by atoms with van der Waals surface area (Å²) < 4.78 is 34.5. The predicted octanol–water partition coefficient (Wildman–Crippen LogP) is 3.11. The Kier molecular flexibility index (Phi) is 4.81. The van der Waals surface area contributed by atoms with Crippen LogP contribution in [0, 0.1) is 16.7 Å². The minimum Gasteiger partial charge on any atom is -0.381 e. The first-order valence-electron chi connectivity index (χ1n) is 9.83. The van der Waals surface area contributed by atoms with Gasteiger partial charge in [-0.3, -0.25) is 4.79 Å². The molecule has 27 heavy (non-hydrogen) atoms. The van der Waals surface area contributed by atoms with Gasteiger partial charge in [0.15, 0.2) is 0 Å². The number of sulfonamides is 1. The van der Waals surface area contributed by atoms with Crippen LogP contribution in [-0.4, -0.2) is 39.7 Å². The maximum atomic E-state index is 13.1. The van der Waals surface area contributed by atoms with E-state index in [9.17, 15) is 13.2 Å². The summed E-state index contributed by atoms with van der Waals surface area (Å²) in [7, 11) is -3.55. The Morgan fingerprint density at radius 3 is 2.56 bits per heavy atom. The molecule has 2 atom stereocenters. The smallest absolute Gasteiger partial charge is 0.212 e. The number of rotatable bonds is 6. The molecule has 3 fully saturated rings. The van der Waals surface area contributed by atoms with Gasteiger partial charge in [0.05, 0.1) is 5.75 Å². The van der Waals surface area contributed by atoms with Gasteiger partial charge in [-0.1, -0.05) is 19.9 Å². The van der Waals surface area contributed by atoms with E-state index < -0.39 is 15.4 Å². The van der Waals surface area contributed by atoms with Crippen LogP contribution in [0.25, 0.3) is 0 Å². The molecule has 0 radical (unpaired) electrons. The molecule has 2 bridgehead atoms. The second-order valence-corrected chi connectivity index (χ2v) is 11.9. The lowest BCUT2D eigenvalue weighted by Gasteiger charge is -2.38. The molecule has 0 aromatic carbocycles. The van der Waals surface area contributed by atoms with E-state index >= 15 is 0 Å². The Labute approximate surface area is 165 Å². The molecule has 2 saturated carbocycles. The minimum absolute atomic E-state index is 0.0701. The van der Waals surface area contributed by atoms with Crippen LogP contribution in [0.4, 0.5) is 0 Å². The van der Waals surface area contributed by atoms with Gasteiger partial charge in [-0.05, 0) is 48.5 Å². The normalized spacial score (nSPS) is 32.1. The topological polar surface area (TPSA) is 72.5 Å². The van der Waals surface area contributed by atoms with E-state index in [1.165, 1.54) is 4.88 Å². The van der Waals surface area contributed by atoms with Gasteiger partial charge in [-0.2, -0.15) is 0 Å². The summed E-state index contributed by atoms with van der Waals surface area (Å²) in [6, 6.07) is 4.11. The van der Waals surface area contributed by atoms with E-state index in [1.807, 2.05) is 11.4 Å². The van der Waals surface area contributed by atoms with Crippen LogP contribution in [0.5, 0.6) is 0 Å².